The molecule has 1 heterocycles. The molecule has 1 aromatic heterocycles. The normalized spacial score (nSPS) is 11.9. The van der Waals surface area contributed by atoms with Crippen molar-refractivity contribution in [1.82, 2.24) is 4.98 Å². The molecule has 0 unspecified atom stereocenters. The van der Waals surface area contributed by atoms with Crippen LogP contribution in [0.5, 0.6) is 5.75 Å². The van der Waals surface area contributed by atoms with Crippen molar-refractivity contribution in [3.8, 4) is 16.3 Å². The van der Waals surface area contributed by atoms with Gasteiger partial charge in [-0.3, -0.25) is 0 Å². The lowest BCUT2D eigenvalue weighted by Crippen LogP contribution is -2.32. The number of hydrogen-bond acceptors (Lipinski definition) is 6. The van der Waals surface area contributed by atoms with Gasteiger partial charge in [-0.05, 0) is 55.3 Å². The van der Waals surface area contributed by atoms with Crippen LogP contribution in [-0.4, -0.2) is 37.4 Å². The number of sulfonamides is 1. The molecule has 0 spiro atoms. The van der Waals surface area contributed by atoms with Crippen molar-refractivity contribution < 1.29 is 36.2 Å². The minimum Gasteiger partial charge on any atom is -0.478 e. The van der Waals surface area contributed by atoms with Gasteiger partial charge in [0.2, 0.25) is 0 Å². The summed E-state index contributed by atoms with van der Waals surface area (Å²) in [4.78, 5) is 15.6. The monoisotopic (exact) mass is 500 g/mol. The molecule has 0 atom stereocenters. The molecule has 0 amide bonds. The van der Waals surface area contributed by atoms with Crippen LogP contribution < -0.4 is 9.04 Å². The third kappa shape index (κ3) is 5.63. The van der Waals surface area contributed by atoms with Gasteiger partial charge in [-0.2, -0.15) is 0 Å². The summed E-state index contributed by atoms with van der Waals surface area (Å²) in [7, 11) is -4.12. The first-order valence-corrected chi connectivity index (χ1v) is 11.9. The zero-order valence-corrected chi connectivity index (χ0v) is 19.1. The number of aromatic carboxylic acids is 1. The van der Waals surface area contributed by atoms with Gasteiger partial charge in [0.1, 0.15) is 10.8 Å². The third-order valence-electron chi connectivity index (χ3n) is 4.54. The number of anilines is 1. The number of benzene rings is 2. The van der Waals surface area contributed by atoms with Crippen molar-refractivity contribution in [2.75, 3.05) is 10.8 Å². The van der Waals surface area contributed by atoms with Crippen LogP contribution in [0.2, 0.25) is 0 Å². The quantitative estimate of drug-likeness (QED) is 0.450. The van der Waals surface area contributed by atoms with Gasteiger partial charge in [-0.15, -0.1) is 24.5 Å². The number of hydrogen-bond donors (Lipinski definition) is 1. The summed E-state index contributed by atoms with van der Waals surface area (Å²) < 4.78 is 68.6. The smallest absolute Gasteiger partial charge is 0.478 e. The second-order valence-corrected chi connectivity index (χ2v) is 9.66. The number of nitrogens with zero attached hydrogens (tertiary/aromatic N) is 2. The Morgan fingerprint density at radius 3 is 2.42 bits per heavy atom. The van der Waals surface area contributed by atoms with Crippen molar-refractivity contribution in [3.05, 3.63) is 59.0 Å². The van der Waals surface area contributed by atoms with E-state index < -0.39 is 22.4 Å². The molecule has 3 rings (SSSR count). The Balaban J connectivity index is 1.94. The fourth-order valence-corrected chi connectivity index (χ4v) is 5.40. The van der Waals surface area contributed by atoms with Crippen molar-refractivity contribution in [3.63, 3.8) is 0 Å². The lowest BCUT2D eigenvalue weighted by atomic mass is 10.1. The molecule has 33 heavy (non-hydrogen) atoms. The molecule has 0 aliphatic carbocycles. The van der Waals surface area contributed by atoms with Crippen LogP contribution in [0.25, 0.3) is 10.6 Å². The van der Waals surface area contributed by atoms with Gasteiger partial charge in [0.25, 0.3) is 10.0 Å². The summed E-state index contributed by atoms with van der Waals surface area (Å²) in [6, 6.07) is 8.95. The van der Waals surface area contributed by atoms with Crippen molar-refractivity contribution >= 4 is 33.1 Å². The molecule has 1 N–H and O–H groups in total. The van der Waals surface area contributed by atoms with Gasteiger partial charge in [-0.25, -0.2) is 22.5 Å². The summed E-state index contributed by atoms with van der Waals surface area (Å²) in [5.74, 6) is -1.49. The fraction of sp³-hybridized carbons (Fsp3) is 0.238. The van der Waals surface area contributed by atoms with E-state index in [0.717, 1.165) is 33.8 Å². The summed E-state index contributed by atoms with van der Waals surface area (Å²) in [6.07, 6.45) is -4.34. The first-order valence-electron chi connectivity index (χ1n) is 9.61. The minimum atomic E-state index is -4.80. The van der Waals surface area contributed by atoms with E-state index in [4.69, 9.17) is 0 Å². The maximum atomic E-state index is 13.3. The Bertz CT molecular complexity index is 1260. The van der Waals surface area contributed by atoms with Crippen LogP contribution in [0, 0.1) is 6.92 Å². The molecule has 2 aromatic carbocycles. The first-order chi connectivity index (χ1) is 15.4. The standard InChI is InChI=1S/C21H19F3N2O5S2/c1-3-10-26(33(29,30)16-9-4-13(2)17(11-16)20(27)28)18-12-32-19(25-18)14-5-7-15(8-6-14)31-21(22,23)24/h4-9,11-12H,3,10H2,1-2H3,(H,27,28). The van der Waals surface area contributed by atoms with E-state index in [1.165, 1.54) is 29.6 Å². The average molecular weight is 501 g/mol. The molecule has 0 aliphatic heterocycles. The predicted octanol–water partition coefficient (Wildman–Crippen LogP) is 5.32. The Hall–Kier alpha value is -3.12. The Kier molecular flexibility index (Phi) is 6.98. The van der Waals surface area contributed by atoms with Crippen LogP contribution in [-0.2, 0) is 10.0 Å². The zero-order valence-electron chi connectivity index (χ0n) is 17.5. The van der Waals surface area contributed by atoms with Gasteiger partial charge >= 0.3 is 12.3 Å². The lowest BCUT2D eigenvalue weighted by Gasteiger charge is -2.22. The van der Waals surface area contributed by atoms with E-state index >= 15 is 0 Å². The van der Waals surface area contributed by atoms with Crippen molar-refractivity contribution in [1.29, 1.82) is 0 Å². The molecular formula is C21H19F3N2O5S2. The van der Waals surface area contributed by atoms with Crippen LogP contribution in [0.15, 0.2) is 52.7 Å². The predicted molar refractivity (Wildman–Crippen MR) is 117 cm³/mol. The number of carbonyl (C=O) groups is 1. The Morgan fingerprint density at radius 1 is 1.18 bits per heavy atom. The molecule has 3 aromatic rings. The molecule has 0 bridgehead atoms. The largest absolute Gasteiger partial charge is 0.573 e. The number of halogens is 3. The highest BCUT2D eigenvalue weighted by molar-refractivity contribution is 7.92. The van der Waals surface area contributed by atoms with Gasteiger partial charge < -0.3 is 9.84 Å². The first kappa shape index (κ1) is 24.5. The van der Waals surface area contributed by atoms with E-state index in [1.807, 2.05) is 0 Å². The van der Waals surface area contributed by atoms with E-state index in [2.05, 4.69) is 9.72 Å². The number of rotatable bonds is 8. The summed E-state index contributed by atoms with van der Waals surface area (Å²) in [5, 5.41) is 11.3. The minimum absolute atomic E-state index is 0.0974. The van der Waals surface area contributed by atoms with E-state index in [9.17, 15) is 31.5 Å². The Labute approximate surface area is 192 Å². The van der Waals surface area contributed by atoms with Crippen molar-refractivity contribution in [2.45, 2.75) is 31.5 Å². The van der Waals surface area contributed by atoms with E-state index in [-0.39, 0.29) is 28.6 Å². The summed E-state index contributed by atoms with van der Waals surface area (Å²) >= 11 is 1.12. The van der Waals surface area contributed by atoms with Gasteiger partial charge in [0.05, 0.1) is 10.5 Å². The number of alkyl halides is 3. The lowest BCUT2D eigenvalue weighted by molar-refractivity contribution is -0.274. The SMILES string of the molecule is CCCN(c1csc(-c2ccc(OC(F)(F)F)cc2)n1)S(=O)(=O)c1ccc(C)c(C(=O)O)c1. The molecule has 0 saturated heterocycles. The van der Waals surface area contributed by atoms with Crippen LogP contribution in [0.1, 0.15) is 29.3 Å². The van der Waals surface area contributed by atoms with Gasteiger partial charge in [0.15, 0.2) is 5.82 Å². The van der Waals surface area contributed by atoms with Crippen LogP contribution in [0.3, 0.4) is 0 Å². The van der Waals surface area contributed by atoms with Crippen molar-refractivity contribution in [2.24, 2.45) is 0 Å². The highest BCUT2D eigenvalue weighted by Crippen LogP contribution is 2.33. The van der Waals surface area contributed by atoms with E-state index in [0.29, 0.717) is 22.6 Å². The number of carboxylic acids is 1. The number of aryl methyl sites for hydroxylation is 1. The number of ether oxygens (including phenoxy) is 1. The summed E-state index contributed by atoms with van der Waals surface area (Å²) in [6.45, 7) is 3.45. The van der Waals surface area contributed by atoms with E-state index in [1.54, 1.807) is 13.8 Å². The molecule has 0 radical (unpaired) electrons. The molecule has 0 aliphatic rings. The van der Waals surface area contributed by atoms with Crippen LogP contribution in [0.4, 0.5) is 19.0 Å². The highest BCUT2D eigenvalue weighted by Gasteiger charge is 2.31. The van der Waals surface area contributed by atoms with Crippen LogP contribution >= 0.6 is 11.3 Å². The van der Waals surface area contributed by atoms with Gasteiger partial charge in [0, 0.05) is 17.5 Å². The molecule has 176 valence electrons. The molecule has 0 fully saturated rings. The highest BCUT2D eigenvalue weighted by atomic mass is 32.2. The zero-order chi connectivity index (χ0) is 24.4. The number of thiazole rings is 1. The maximum absolute atomic E-state index is 13.3. The second-order valence-electron chi connectivity index (χ2n) is 6.94. The molecular weight excluding hydrogens is 481 g/mol. The van der Waals surface area contributed by atoms with Gasteiger partial charge in [-0.1, -0.05) is 13.0 Å². The number of aromatic nitrogens is 1. The summed E-state index contributed by atoms with van der Waals surface area (Å²) in [5.41, 5.74) is 0.795. The molecule has 12 heteroatoms. The Morgan fingerprint density at radius 2 is 1.85 bits per heavy atom. The topological polar surface area (TPSA) is 96.8 Å². The average Bonchev–Trinajstić information content (AvgIpc) is 3.20. The third-order valence-corrected chi connectivity index (χ3v) is 7.22. The molecule has 0 saturated carbocycles. The second kappa shape index (κ2) is 9.40. The maximum Gasteiger partial charge on any atom is 0.573 e. The molecule has 7 nitrogen and oxygen atoms in total. The fourth-order valence-electron chi connectivity index (χ4n) is 2.99. The number of carboxylic acid groups (broad SMARTS) is 1.